The Morgan fingerprint density at radius 2 is 2.05 bits per heavy atom. The first-order valence-electron chi connectivity index (χ1n) is 6.55. The van der Waals surface area contributed by atoms with Crippen molar-refractivity contribution < 1.29 is 0 Å². The summed E-state index contributed by atoms with van der Waals surface area (Å²) in [5.41, 5.74) is 0.845. The first kappa shape index (κ1) is 15.7. The van der Waals surface area contributed by atoms with Gasteiger partial charge in [-0.2, -0.15) is 0 Å². The first-order valence-corrected chi connectivity index (χ1v) is 8.12. The maximum absolute atomic E-state index is 6.17. The van der Waals surface area contributed by atoms with E-state index in [0.717, 1.165) is 35.1 Å². The summed E-state index contributed by atoms with van der Waals surface area (Å²) in [6, 6.07) is 5.38. The summed E-state index contributed by atoms with van der Waals surface area (Å²) in [5, 5.41) is 14.9. The molecule has 0 atom stereocenters. The van der Waals surface area contributed by atoms with Gasteiger partial charge in [-0.15, -0.1) is 10.2 Å². The zero-order valence-electron chi connectivity index (χ0n) is 11.5. The van der Waals surface area contributed by atoms with Crippen LogP contribution < -0.4 is 5.32 Å². The van der Waals surface area contributed by atoms with Gasteiger partial charge < -0.3 is 5.32 Å². The number of aromatic nitrogens is 2. The van der Waals surface area contributed by atoms with Gasteiger partial charge in [0.2, 0.25) is 0 Å². The molecule has 0 aliphatic heterocycles. The molecule has 0 fully saturated rings. The van der Waals surface area contributed by atoms with Crippen molar-refractivity contribution in [3.05, 3.63) is 33.3 Å². The van der Waals surface area contributed by atoms with Gasteiger partial charge in [0.05, 0.1) is 5.02 Å². The van der Waals surface area contributed by atoms with Crippen molar-refractivity contribution in [1.82, 2.24) is 15.5 Å². The third kappa shape index (κ3) is 4.42. The Kier molecular flexibility index (Phi) is 5.78. The fraction of sp³-hybridized carbons (Fsp3) is 0.429. The minimum atomic E-state index is 0.648. The molecule has 0 aliphatic carbocycles. The molecule has 2 aromatic rings. The Balaban J connectivity index is 2.00. The molecule has 2 rings (SSSR count). The topological polar surface area (TPSA) is 37.8 Å². The summed E-state index contributed by atoms with van der Waals surface area (Å²) in [6.07, 6.45) is 0.878. The third-order valence-electron chi connectivity index (χ3n) is 2.69. The average molecular weight is 330 g/mol. The molecule has 1 aromatic carbocycles. The quantitative estimate of drug-likeness (QED) is 0.803. The highest BCUT2D eigenvalue weighted by molar-refractivity contribution is 7.14. The molecule has 0 unspecified atom stereocenters. The predicted molar refractivity (Wildman–Crippen MR) is 86.8 cm³/mol. The maximum atomic E-state index is 6.17. The van der Waals surface area contributed by atoms with Gasteiger partial charge in [0.25, 0.3) is 0 Å². The molecular weight excluding hydrogens is 313 g/mol. The molecule has 0 radical (unpaired) electrons. The summed E-state index contributed by atoms with van der Waals surface area (Å²) >= 11 is 13.7. The smallest absolute Gasteiger partial charge is 0.149 e. The standard InChI is InChI=1S/C14H17Cl2N3S/c1-9(2)8-17-6-5-13-18-19-14(20-13)11-7-10(15)3-4-12(11)16/h3-4,7,9,17H,5-6,8H2,1-2H3. The number of hydrogen-bond donors (Lipinski definition) is 1. The van der Waals surface area contributed by atoms with Crippen LogP contribution in [0.3, 0.4) is 0 Å². The summed E-state index contributed by atoms with van der Waals surface area (Å²) < 4.78 is 0. The van der Waals surface area contributed by atoms with E-state index in [1.165, 1.54) is 0 Å². The van der Waals surface area contributed by atoms with Crippen LogP contribution in [0, 0.1) is 5.92 Å². The monoisotopic (exact) mass is 329 g/mol. The van der Waals surface area contributed by atoms with Gasteiger partial charge in [0.15, 0.2) is 0 Å². The lowest BCUT2D eigenvalue weighted by Crippen LogP contribution is -2.22. The van der Waals surface area contributed by atoms with E-state index < -0.39 is 0 Å². The van der Waals surface area contributed by atoms with Gasteiger partial charge in [-0.3, -0.25) is 0 Å². The highest BCUT2D eigenvalue weighted by Gasteiger charge is 2.10. The Bertz CT molecular complexity index is 569. The molecule has 0 amide bonds. The van der Waals surface area contributed by atoms with Crippen LogP contribution in [-0.4, -0.2) is 23.3 Å². The van der Waals surface area contributed by atoms with Gasteiger partial charge in [-0.25, -0.2) is 0 Å². The van der Waals surface area contributed by atoms with E-state index in [1.54, 1.807) is 23.5 Å². The van der Waals surface area contributed by atoms with Crippen molar-refractivity contribution in [2.75, 3.05) is 13.1 Å². The SMILES string of the molecule is CC(C)CNCCc1nnc(-c2cc(Cl)ccc2Cl)s1. The second kappa shape index (κ2) is 7.36. The molecule has 0 bridgehead atoms. The van der Waals surface area contributed by atoms with Gasteiger partial charge in [-0.1, -0.05) is 48.4 Å². The van der Waals surface area contributed by atoms with Gasteiger partial charge in [-0.05, 0) is 30.7 Å². The van der Waals surface area contributed by atoms with Crippen molar-refractivity contribution in [3.63, 3.8) is 0 Å². The van der Waals surface area contributed by atoms with E-state index in [0.29, 0.717) is 16.0 Å². The van der Waals surface area contributed by atoms with E-state index in [-0.39, 0.29) is 0 Å². The summed E-state index contributed by atoms with van der Waals surface area (Å²) in [4.78, 5) is 0. The number of hydrogen-bond acceptors (Lipinski definition) is 4. The van der Waals surface area contributed by atoms with E-state index in [1.807, 2.05) is 6.07 Å². The number of halogens is 2. The number of benzene rings is 1. The molecule has 0 saturated carbocycles. The molecule has 6 heteroatoms. The van der Waals surface area contributed by atoms with E-state index in [4.69, 9.17) is 23.2 Å². The van der Waals surface area contributed by atoms with Crippen LogP contribution in [0.1, 0.15) is 18.9 Å². The van der Waals surface area contributed by atoms with Crippen molar-refractivity contribution in [1.29, 1.82) is 0 Å². The van der Waals surface area contributed by atoms with Crippen LogP contribution in [0.4, 0.5) is 0 Å². The molecule has 1 heterocycles. The second-order valence-electron chi connectivity index (χ2n) is 4.97. The molecule has 1 aromatic heterocycles. The Morgan fingerprint density at radius 1 is 1.25 bits per heavy atom. The Labute approximate surface area is 133 Å². The second-order valence-corrected chi connectivity index (χ2v) is 6.88. The lowest BCUT2D eigenvalue weighted by molar-refractivity contribution is 0.553. The molecule has 0 spiro atoms. The Hall–Kier alpha value is -0.680. The maximum Gasteiger partial charge on any atom is 0.149 e. The van der Waals surface area contributed by atoms with Gasteiger partial charge >= 0.3 is 0 Å². The molecular formula is C14H17Cl2N3S. The summed E-state index contributed by atoms with van der Waals surface area (Å²) in [6.45, 7) is 6.32. The molecule has 1 N–H and O–H groups in total. The van der Waals surface area contributed by atoms with Crippen LogP contribution in [0.2, 0.25) is 10.0 Å². The van der Waals surface area contributed by atoms with E-state index >= 15 is 0 Å². The molecule has 0 saturated heterocycles. The first-order chi connectivity index (χ1) is 9.56. The third-order valence-corrected chi connectivity index (χ3v) is 4.27. The molecule has 0 aliphatic rings. The minimum Gasteiger partial charge on any atom is -0.316 e. The highest BCUT2D eigenvalue weighted by atomic mass is 35.5. The Morgan fingerprint density at radius 3 is 2.80 bits per heavy atom. The van der Waals surface area contributed by atoms with Crippen LogP contribution in [0.15, 0.2) is 18.2 Å². The van der Waals surface area contributed by atoms with Gasteiger partial charge in [0, 0.05) is 23.6 Å². The average Bonchev–Trinajstić information content (AvgIpc) is 2.86. The van der Waals surface area contributed by atoms with Crippen LogP contribution in [0.25, 0.3) is 10.6 Å². The summed E-state index contributed by atoms with van der Waals surface area (Å²) in [5.74, 6) is 0.658. The lowest BCUT2D eigenvalue weighted by Gasteiger charge is -2.05. The number of nitrogens with zero attached hydrogens (tertiary/aromatic N) is 2. The highest BCUT2D eigenvalue weighted by Crippen LogP contribution is 2.32. The zero-order valence-corrected chi connectivity index (χ0v) is 13.8. The van der Waals surface area contributed by atoms with E-state index in [2.05, 4.69) is 29.4 Å². The normalized spacial score (nSPS) is 11.2. The van der Waals surface area contributed by atoms with Crippen LogP contribution >= 0.6 is 34.5 Å². The van der Waals surface area contributed by atoms with E-state index in [9.17, 15) is 0 Å². The molecule has 20 heavy (non-hydrogen) atoms. The van der Waals surface area contributed by atoms with Crippen LogP contribution in [0.5, 0.6) is 0 Å². The van der Waals surface area contributed by atoms with Crippen molar-refractivity contribution in [3.8, 4) is 10.6 Å². The van der Waals surface area contributed by atoms with Gasteiger partial charge in [0.1, 0.15) is 10.0 Å². The zero-order chi connectivity index (χ0) is 14.5. The number of nitrogens with one attached hydrogen (secondary N) is 1. The van der Waals surface area contributed by atoms with Crippen molar-refractivity contribution in [2.45, 2.75) is 20.3 Å². The molecule has 108 valence electrons. The predicted octanol–water partition coefficient (Wildman–Crippen LogP) is 4.30. The minimum absolute atomic E-state index is 0.648. The fourth-order valence-corrected chi connectivity index (χ4v) is 3.02. The number of rotatable bonds is 6. The molecule has 3 nitrogen and oxygen atoms in total. The largest absolute Gasteiger partial charge is 0.316 e. The van der Waals surface area contributed by atoms with Crippen LogP contribution in [-0.2, 0) is 6.42 Å². The fourth-order valence-electron chi connectivity index (χ4n) is 1.71. The summed E-state index contributed by atoms with van der Waals surface area (Å²) in [7, 11) is 0. The lowest BCUT2D eigenvalue weighted by atomic mass is 10.2. The van der Waals surface area contributed by atoms with Crippen molar-refractivity contribution in [2.24, 2.45) is 5.92 Å². The van der Waals surface area contributed by atoms with Crippen molar-refractivity contribution >= 4 is 34.5 Å².